The van der Waals surface area contributed by atoms with Crippen molar-refractivity contribution >= 4 is 23.3 Å². The molecule has 0 unspecified atom stereocenters. The zero-order valence-electron chi connectivity index (χ0n) is 14.6. The third kappa shape index (κ3) is 3.46. The predicted molar refractivity (Wildman–Crippen MR) is 103 cm³/mol. The van der Waals surface area contributed by atoms with Crippen LogP contribution in [0.4, 0.5) is 0 Å². The number of thiophene rings is 1. The summed E-state index contributed by atoms with van der Waals surface area (Å²) in [5, 5.41) is 10.4. The third-order valence-corrected chi connectivity index (χ3v) is 5.70. The van der Waals surface area contributed by atoms with Crippen LogP contribution in [0, 0.1) is 0 Å². The van der Waals surface area contributed by atoms with E-state index in [0.717, 1.165) is 18.5 Å². The summed E-state index contributed by atoms with van der Waals surface area (Å²) in [6.45, 7) is 3.52. The summed E-state index contributed by atoms with van der Waals surface area (Å²) in [4.78, 5) is 15.9. The molecule has 1 aliphatic heterocycles. The molecule has 0 radical (unpaired) electrons. The lowest BCUT2D eigenvalue weighted by Crippen LogP contribution is -2.37. The van der Waals surface area contributed by atoms with Gasteiger partial charge in [0.05, 0.1) is 18.8 Å². The molecule has 0 saturated heterocycles. The van der Waals surface area contributed by atoms with Gasteiger partial charge in [0.2, 0.25) is 5.91 Å². The van der Waals surface area contributed by atoms with E-state index in [9.17, 15) is 4.79 Å². The number of hydrogen-bond acceptors (Lipinski definition) is 4. The van der Waals surface area contributed by atoms with E-state index in [0.29, 0.717) is 12.2 Å². The molecular weight excluding hydrogens is 344 g/mol. The molecule has 3 heterocycles. The molecule has 0 spiro atoms. The van der Waals surface area contributed by atoms with Gasteiger partial charge in [-0.1, -0.05) is 35.5 Å². The Labute approximate surface area is 156 Å². The molecular formula is C20H20N4OS. The number of amides is 1. The van der Waals surface area contributed by atoms with Crippen LogP contribution in [0.25, 0.3) is 6.08 Å². The van der Waals surface area contributed by atoms with Crippen LogP contribution in [0.15, 0.2) is 54.1 Å². The molecule has 26 heavy (non-hydrogen) atoms. The van der Waals surface area contributed by atoms with Crippen LogP contribution in [0.2, 0.25) is 0 Å². The summed E-state index contributed by atoms with van der Waals surface area (Å²) in [6.07, 6.45) is 6.13. The molecule has 0 bridgehead atoms. The number of fused-ring (bicyclic) bond motifs is 1. The second-order valence-electron chi connectivity index (χ2n) is 6.42. The summed E-state index contributed by atoms with van der Waals surface area (Å²) in [7, 11) is 0. The molecule has 0 N–H and O–H groups in total. The van der Waals surface area contributed by atoms with Gasteiger partial charge < -0.3 is 4.90 Å². The fourth-order valence-electron chi connectivity index (χ4n) is 3.30. The fourth-order valence-corrected chi connectivity index (χ4v) is 4.26. The standard InChI is InChI=1S/C20H20N4OS/c1-15-18-10-12-26-19(18)9-11-24(15)20(25)8-7-17-14-23(22-21-17)13-16-5-3-2-4-6-16/h2-8,10,12,14-15H,9,11,13H2,1H3/b8-7+/t15-/m0/s1. The number of aromatic nitrogens is 3. The van der Waals surface area contributed by atoms with Gasteiger partial charge in [0.25, 0.3) is 0 Å². The number of carbonyl (C=O) groups excluding carboxylic acids is 1. The van der Waals surface area contributed by atoms with Gasteiger partial charge in [-0.2, -0.15) is 0 Å². The lowest BCUT2D eigenvalue weighted by Gasteiger charge is -2.32. The van der Waals surface area contributed by atoms with Crippen molar-refractivity contribution in [2.45, 2.75) is 25.9 Å². The Hall–Kier alpha value is -2.73. The zero-order chi connectivity index (χ0) is 17.9. The average molecular weight is 364 g/mol. The van der Waals surface area contributed by atoms with E-state index in [1.54, 1.807) is 28.2 Å². The van der Waals surface area contributed by atoms with Crippen LogP contribution in [-0.4, -0.2) is 32.3 Å². The fraction of sp³-hybridized carbons (Fsp3) is 0.250. The van der Waals surface area contributed by atoms with E-state index < -0.39 is 0 Å². The molecule has 132 valence electrons. The predicted octanol–water partition coefficient (Wildman–Crippen LogP) is 3.55. The molecule has 1 amide bonds. The van der Waals surface area contributed by atoms with Crippen molar-refractivity contribution in [3.63, 3.8) is 0 Å². The van der Waals surface area contributed by atoms with Crippen molar-refractivity contribution in [1.82, 2.24) is 19.9 Å². The number of hydrogen-bond donors (Lipinski definition) is 0. The number of rotatable bonds is 4. The Balaban J connectivity index is 1.41. The highest BCUT2D eigenvalue weighted by molar-refractivity contribution is 7.10. The highest BCUT2D eigenvalue weighted by Crippen LogP contribution is 2.32. The minimum absolute atomic E-state index is 0.0203. The molecule has 2 aromatic heterocycles. The van der Waals surface area contributed by atoms with E-state index in [4.69, 9.17) is 0 Å². The van der Waals surface area contributed by atoms with Crippen molar-refractivity contribution in [3.8, 4) is 0 Å². The first-order chi connectivity index (χ1) is 12.7. The summed E-state index contributed by atoms with van der Waals surface area (Å²) >= 11 is 1.78. The summed E-state index contributed by atoms with van der Waals surface area (Å²) in [6, 6.07) is 12.4. The molecule has 5 nitrogen and oxygen atoms in total. The molecule has 6 heteroatoms. The summed E-state index contributed by atoms with van der Waals surface area (Å²) in [5.41, 5.74) is 3.13. The second kappa shape index (κ2) is 7.25. The Bertz CT molecular complexity index is 928. The van der Waals surface area contributed by atoms with E-state index in [-0.39, 0.29) is 11.9 Å². The first-order valence-electron chi connectivity index (χ1n) is 8.70. The Kier molecular flexibility index (Phi) is 4.67. The van der Waals surface area contributed by atoms with Crippen LogP contribution < -0.4 is 0 Å². The first-order valence-corrected chi connectivity index (χ1v) is 9.57. The van der Waals surface area contributed by atoms with Gasteiger partial charge in [0.1, 0.15) is 5.69 Å². The average Bonchev–Trinajstić information content (AvgIpc) is 3.30. The maximum absolute atomic E-state index is 12.6. The van der Waals surface area contributed by atoms with Gasteiger partial charge >= 0.3 is 0 Å². The maximum Gasteiger partial charge on any atom is 0.247 e. The van der Waals surface area contributed by atoms with Gasteiger partial charge in [0.15, 0.2) is 0 Å². The number of benzene rings is 1. The quantitative estimate of drug-likeness (QED) is 0.665. The van der Waals surface area contributed by atoms with Crippen molar-refractivity contribution in [2.75, 3.05) is 6.54 Å². The van der Waals surface area contributed by atoms with E-state index in [1.807, 2.05) is 29.3 Å². The van der Waals surface area contributed by atoms with Crippen LogP contribution in [0.3, 0.4) is 0 Å². The summed E-state index contributed by atoms with van der Waals surface area (Å²) < 4.78 is 1.78. The van der Waals surface area contributed by atoms with Crippen molar-refractivity contribution in [1.29, 1.82) is 0 Å². The van der Waals surface area contributed by atoms with Gasteiger partial charge in [-0.3, -0.25) is 4.79 Å². The molecule has 0 saturated carbocycles. The minimum Gasteiger partial charge on any atom is -0.332 e. The first kappa shape index (κ1) is 16.7. The van der Waals surface area contributed by atoms with E-state index in [1.165, 1.54) is 10.4 Å². The van der Waals surface area contributed by atoms with Gasteiger partial charge in [-0.25, -0.2) is 4.68 Å². The lowest BCUT2D eigenvalue weighted by atomic mass is 10.0. The van der Waals surface area contributed by atoms with Crippen LogP contribution in [0.1, 0.15) is 34.7 Å². The zero-order valence-corrected chi connectivity index (χ0v) is 15.4. The smallest absolute Gasteiger partial charge is 0.247 e. The third-order valence-electron chi connectivity index (χ3n) is 4.70. The number of carbonyl (C=O) groups is 1. The van der Waals surface area contributed by atoms with Crippen LogP contribution >= 0.6 is 11.3 Å². The number of nitrogens with zero attached hydrogens (tertiary/aromatic N) is 4. The van der Waals surface area contributed by atoms with E-state index in [2.05, 4.69) is 40.8 Å². The monoisotopic (exact) mass is 364 g/mol. The molecule has 1 atom stereocenters. The van der Waals surface area contributed by atoms with Crippen molar-refractivity contribution < 1.29 is 4.79 Å². The van der Waals surface area contributed by atoms with Crippen molar-refractivity contribution in [3.05, 3.63) is 75.7 Å². The lowest BCUT2D eigenvalue weighted by molar-refractivity contribution is -0.128. The van der Waals surface area contributed by atoms with Crippen LogP contribution in [-0.2, 0) is 17.8 Å². The van der Waals surface area contributed by atoms with Crippen molar-refractivity contribution in [2.24, 2.45) is 0 Å². The Morgan fingerprint density at radius 2 is 2.15 bits per heavy atom. The Morgan fingerprint density at radius 3 is 3.00 bits per heavy atom. The molecule has 0 fully saturated rings. The van der Waals surface area contributed by atoms with Gasteiger partial charge in [0, 0.05) is 17.5 Å². The van der Waals surface area contributed by atoms with Gasteiger partial charge in [-0.15, -0.1) is 16.4 Å². The largest absolute Gasteiger partial charge is 0.332 e. The molecule has 4 rings (SSSR count). The molecule has 0 aliphatic carbocycles. The SMILES string of the molecule is C[C@H]1c2ccsc2CCN1C(=O)/C=C/c1cn(Cc2ccccc2)nn1. The molecule has 1 aliphatic rings. The molecule has 3 aromatic rings. The van der Waals surface area contributed by atoms with E-state index >= 15 is 0 Å². The second-order valence-corrected chi connectivity index (χ2v) is 7.42. The highest BCUT2D eigenvalue weighted by Gasteiger charge is 2.26. The topological polar surface area (TPSA) is 51.0 Å². The normalized spacial score (nSPS) is 16.8. The molecule has 1 aromatic carbocycles. The highest BCUT2D eigenvalue weighted by atomic mass is 32.1. The Morgan fingerprint density at radius 1 is 1.31 bits per heavy atom. The van der Waals surface area contributed by atoms with Gasteiger partial charge in [-0.05, 0) is 42.0 Å². The van der Waals surface area contributed by atoms with Crippen LogP contribution in [0.5, 0.6) is 0 Å². The summed E-state index contributed by atoms with van der Waals surface area (Å²) in [5.74, 6) is 0.0203. The maximum atomic E-state index is 12.6. The minimum atomic E-state index is 0.0203.